The minimum absolute atomic E-state index is 0.459. The average Bonchev–Trinajstić information content (AvgIpc) is 2.78. The maximum absolute atomic E-state index is 4.66. The van der Waals surface area contributed by atoms with Gasteiger partial charge in [-0.05, 0) is 24.5 Å². The Labute approximate surface area is 103 Å². The zero-order valence-electron chi connectivity index (χ0n) is 10.7. The lowest BCUT2D eigenvalue weighted by Crippen LogP contribution is -1.96. The third-order valence-corrected chi connectivity index (χ3v) is 2.74. The Morgan fingerprint density at radius 3 is 2.82 bits per heavy atom. The molecule has 0 bridgehead atoms. The summed E-state index contributed by atoms with van der Waals surface area (Å²) in [6.45, 7) is 7.43. The minimum Gasteiger partial charge on any atom is -0.272 e. The van der Waals surface area contributed by atoms with Crippen LogP contribution in [0.4, 0.5) is 0 Å². The standard InChI is InChI=1S/C14H19N3/c1-4-8-17-10-12(9-15-17)14-7-5-6-13(16-14)11(2)3/h5-7,9-11H,4,8H2,1-3H3. The molecule has 17 heavy (non-hydrogen) atoms. The zero-order valence-corrected chi connectivity index (χ0v) is 10.7. The first-order valence-electron chi connectivity index (χ1n) is 6.20. The van der Waals surface area contributed by atoms with E-state index in [9.17, 15) is 0 Å². The van der Waals surface area contributed by atoms with Gasteiger partial charge in [-0.1, -0.05) is 26.8 Å². The summed E-state index contributed by atoms with van der Waals surface area (Å²) in [6, 6.07) is 6.18. The normalized spacial score (nSPS) is 11.1. The van der Waals surface area contributed by atoms with Crippen LogP contribution in [-0.4, -0.2) is 14.8 Å². The first-order chi connectivity index (χ1) is 8.20. The Morgan fingerprint density at radius 1 is 1.29 bits per heavy atom. The third kappa shape index (κ3) is 2.73. The molecule has 0 aliphatic carbocycles. The summed E-state index contributed by atoms with van der Waals surface area (Å²) >= 11 is 0. The molecule has 0 radical (unpaired) electrons. The summed E-state index contributed by atoms with van der Waals surface area (Å²) < 4.78 is 1.97. The van der Waals surface area contributed by atoms with Crippen LogP contribution in [-0.2, 0) is 6.54 Å². The van der Waals surface area contributed by atoms with Crippen molar-refractivity contribution in [3.63, 3.8) is 0 Å². The second-order valence-electron chi connectivity index (χ2n) is 4.59. The molecule has 0 fully saturated rings. The quantitative estimate of drug-likeness (QED) is 0.803. The van der Waals surface area contributed by atoms with Gasteiger partial charge < -0.3 is 0 Å². The summed E-state index contributed by atoms with van der Waals surface area (Å²) in [5.41, 5.74) is 3.24. The fraction of sp³-hybridized carbons (Fsp3) is 0.429. The van der Waals surface area contributed by atoms with Crippen molar-refractivity contribution in [3.05, 3.63) is 36.3 Å². The van der Waals surface area contributed by atoms with Crippen LogP contribution in [0.5, 0.6) is 0 Å². The van der Waals surface area contributed by atoms with Gasteiger partial charge in [0.1, 0.15) is 0 Å². The second-order valence-corrected chi connectivity index (χ2v) is 4.59. The van der Waals surface area contributed by atoms with Crippen molar-refractivity contribution in [2.24, 2.45) is 0 Å². The van der Waals surface area contributed by atoms with Gasteiger partial charge in [0.05, 0.1) is 11.9 Å². The first-order valence-corrected chi connectivity index (χ1v) is 6.20. The average molecular weight is 229 g/mol. The van der Waals surface area contributed by atoms with E-state index in [-0.39, 0.29) is 0 Å². The largest absolute Gasteiger partial charge is 0.272 e. The molecule has 0 saturated carbocycles. The summed E-state index contributed by atoms with van der Waals surface area (Å²) in [4.78, 5) is 4.66. The van der Waals surface area contributed by atoms with Crippen molar-refractivity contribution >= 4 is 0 Å². The summed E-state index contributed by atoms with van der Waals surface area (Å²) in [5, 5.41) is 4.33. The van der Waals surface area contributed by atoms with Gasteiger partial charge in [-0.2, -0.15) is 5.10 Å². The molecule has 90 valence electrons. The number of rotatable bonds is 4. The highest BCUT2D eigenvalue weighted by Gasteiger charge is 2.06. The number of aromatic nitrogens is 3. The lowest BCUT2D eigenvalue weighted by molar-refractivity contribution is 0.603. The van der Waals surface area contributed by atoms with Crippen molar-refractivity contribution in [1.82, 2.24) is 14.8 Å². The van der Waals surface area contributed by atoms with Crippen LogP contribution in [0.3, 0.4) is 0 Å². The molecule has 2 rings (SSSR count). The first kappa shape index (κ1) is 11.8. The van der Waals surface area contributed by atoms with Crippen LogP contribution >= 0.6 is 0 Å². The molecule has 2 heterocycles. The van der Waals surface area contributed by atoms with E-state index < -0.39 is 0 Å². The number of nitrogens with zero attached hydrogens (tertiary/aromatic N) is 3. The molecular formula is C14H19N3. The van der Waals surface area contributed by atoms with E-state index in [2.05, 4.69) is 49.2 Å². The molecule has 0 unspecified atom stereocenters. The van der Waals surface area contributed by atoms with Gasteiger partial charge in [0.25, 0.3) is 0 Å². The van der Waals surface area contributed by atoms with E-state index in [0.29, 0.717) is 5.92 Å². The van der Waals surface area contributed by atoms with Crippen molar-refractivity contribution in [2.75, 3.05) is 0 Å². The Balaban J connectivity index is 2.28. The van der Waals surface area contributed by atoms with Gasteiger partial charge in [0.2, 0.25) is 0 Å². The van der Waals surface area contributed by atoms with Gasteiger partial charge in [0.15, 0.2) is 0 Å². The molecule has 0 saturated heterocycles. The van der Waals surface area contributed by atoms with Gasteiger partial charge >= 0.3 is 0 Å². The van der Waals surface area contributed by atoms with E-state index in [4.69, 9.17) is 0 Å². The van der Waals surface area contributed by atoms with Crippen LogP contribution in [0.25, 0.3) is 11.3 Å². The van der Waals surface area contributed by atoms with Crippen molar-refractivity contribution in [2.45, 2.75) is 39.7 Å². The maximum atomic E-state index is 4.66. The molecule has 3 nitrogen and oxygen atoms in total. The number of aryl methyl sites for hydroxylation is 1. The van der Waals surface area contributed by atoms with Crippen molar-refractivity contribution < 1.29 is 0 Å². The Morgan fingerprint density at radius 2 is 2.12 bits per heavy atom. The number of hydrogen-bond acceptors (Lipinski definition) is 2. The fourth-order valence-corrected chi connectivity index (χ4v) is 1.78. The van der Waals surface area contributed by atoms with Gasteiger partial charge in [-0.15, -0.1) is 0 Å². The molecule has 0 spiro atoms. The molecule has 0 aliphatic rings. The molecule has 2 aromatic heterocycles. The molecule has 0 N–H and O–H groups in total. The number of hydrogen-bond donors (Lipinski definition) is 0. The van der Waals surface area contributed by atoms with Crippen LogP contribution in [0.2, 0.25) is 0 Å². The van der Waals surface area contributed by atoms with E-state index >= 15 is 0 Å². The highest BCUT2D eigenvalue weighted by atomic mass is 15.3. The highest BCUT2D eigenvalue weighted by molar-refractivity contribution is 5.56. The summed E-state index contributed by atoms with van der Waals surface area (Å²) in [6.07, 6.45) is 5.05. The van der Waals surface area contributed by atoms with E-state index in [1.54, 1.807) is 0 Å². The molecular weight excluding hydrogens is 210 g/mol. The highest BCUT2D eigenvalue weighted by Crippen LogP contribution is 2.19. The zero-order chi connectivity index (χ0) is 12.3. The van der Waals surface area contributed by atoms with Crippen LogP contribution in [0.15, 0.2) is 30.6 Å². The molecule has 0 atom stereocenters. The molecule has 3 heteroatoms. The van der Waals surface area contributed by atoms with E-state index in [1.165, 1.54) is 0 Å². The smallest absolute Gasteiger partial charge is 0.0736 e. The molecule has 0 aromatic carbocycles. The van der Waals surface area contributed by atoms with E-state index in [0.717, 1.165) is 29.9 Å². The minimum atomic E-state index is 0.459. The fourth-order valence-electron chi connectivity index (χ4n) is 1.78. The predicted octanol–water partition coefficient (Wildman–Crippen LogP) is 3.48. The summed E-state index contributed by atoms with van der Waals surface area (Å²) in [7, 11) is 0. The SMILES string of the molecule is CCCn1cc(-c2cccc(C(C)C)n2)cn1. The van der Waals surface area contributed by atoms with Crippen LogP contribution in [0.1, 0.15) is 38.8 Å². The third-order valence-electron chi connectivity index (χ3n) is 2.74. The summed E-state index contributed by atoms with van der Waals surface area (Å²) in [5.74, 6) is 0.459. The predicted molar refractivity (Wildman–Crippen MR) is 69.8 cm³/mol. The molecule has 0 aliphatic heterocycles. The number of pyridine rings is 1. The van der Waals surface area contributed by atoms with Gasteiger partial charge in [-0.25, -0.2) is 0 Å². The van der Waals surface area contributed by atoms with Crippen molar-refractivity contribution in [3.8, 4) is 11.3 Å². The Bertz CT molecular complexity index is 486. The lowest BCUT2D eigenvalue weighted by Gasteiger charge is -2.05. The molecule has 0 amide bonds. The second kappa shape index (κ2) is 5.13. The Hall–Kier alpha value is -1.64. The van der Waals surface area contributed by atoms with Gasteiger partial charge in [0, 0.05) is 24.0 Å². The monoisotopic (exact) mass is 229 g/mol. The lowest BCUT2D eigenvalue weighted by atomic mass is 10.1. The van der Waals surface area contributed by atoms with Crippen LogP contribution in [0, 0.1) is 0 Å². The van der Waals surface area contributed by atoms with Crippen molar-refractivity contribution in [1.29, 1.82) is 0 Å². The maximum Gasteiger partial charge on any atom is 0.0736 e. The topological polar surface area (TPSA) is 30.7 Å². The van der Waals surface area contributed by atoms with E-state index in [1.807, 2.05) is 16.9 Å². The van der Waals surface area contributed by atoms with Crippen LogP contribution < -0.4 is 0 Å². The van der Waals surface area contributed by atoms with Gasteiger partial charge in [-0.3, -0.25) is 9.67 Å². The molecule has 2 aromatic rings. The Kier molecular flexibility index (Phi) is 3.57.